The van der Waals surface area contributed by atoms with E-state index in [0.29, 0.717) is 19.4 Å². The van der Waals surface area contributed by atoms with Gasteiger partial charge in [0.1, 0.15) is 5.60 Å². The third kappa shape index (κ3) is 3.70. The molecule has 0 aromatic heterocycles. The first-order valence-corrected chi connectivity index (χ1v) is 7.27. The quantitative estimate of drug-likeness (QED) is 0.856. The molecule has 0 aliphatic rings. The summed E-state index contributed by atoms with van der Waals surface area (Å²) in [6, 6.07) is 19.1. The van der Waals surface area contributed by atoms with E-state index >= 15 is 0 Å². The standard InChI is InChI=1S/C18H21NO2/c1-2-17(20)19-14-13-18(21,15-9-5-3-6-10-15)16-11-7-4-8-12-16/h3-12,21H,2,13-14H2,1H3,(H,19,20). The lowest BCUT2D eigenvalue weighted by Gasteiger charge is -2.29. The van der Waals surface area contributed by atoms with Crippen molar-refractivity contribution in [2.45, 2.75) is 25.4 Å². The Bertz CT molecular complexity index is 527. The topological polar surface area (TPSA) is 49.3 Å². The summed E-state index contributed by atoms with van der Waals surface area (Å²) in [4.78, 5) is 11.4. The van der Waals surface area contributed by atoms with Gasteiger partial charge in [-0.3, -0.25) is 4.79 Å². The van der Waals surface area contributed by atoms with E-state index in [1.807, 2.05) is 67.6 Å². The SMILES string of the molecule is CCC(=O)NCCC(O)(c1ccccc1)c1ccccc1. The molecule has 3 nitrogen and oxygen atoms in total. The number of carbonyl (C=O) groups is 1. The van der Waals surface area contributed by atoms with Crippen molar-refractivity contribution < 1.29 is 9.90 Å². The molecule has 0 saturated carbocycles. The first-order valence-electron chi connectivity index (χ1n) is 7.27. The maximum absolute atomic E-state index is 11.4. The maximum Gasteiger partial charge on any atom is 0.219 e. The zero-order chi connectivity index (χ0) is 15.1. The van der Waals surface area contributed by atoms with Crippen LogP contribution in [-0.2, 0) is 10.4 Å². The molecule has 0 spiro atoms. The molecular weight excluding hydrogens is 262 g/mol. The fourth-order valence-corrected chi connectivity index (χ4v) is 2.39. The van der Waals surface area contributed by atoms with Gasteiger partial charge < -0.3 is 10.4 Å². The van der Waals surface area contributed by atoms with Crippen LogP contribution in [0.25, 0.3) is 0 Å². The molecule has 2 aromatic rings. The third-order valence-corrected chi connectivity index (χ3v) is 3.63. The minimum absolute atomic E-state index is 0.00141. The lowest BCUT2D eigenvalue weighted by atomic mass is 9.83. The zero-order valence-corrected chi connectivity index (χ0v) is 12.3. The Hall–Kier alpha value is -2.13. The van der Waals surface area contributed by atoms with Gasteiger partial charge in [0.25, 0.3) is 0 Å². The highest BCUT2D eigenvalue weighted by atomic mass is 16.3. The lowest BCUT2D eigenvalue weighted by Crippen LogP contribution is -2.34. The smallest absolute Gasteiger partial charge is 0.219 e. The molecule has 21 heavy (non-hydrogen) atoms. The molecule has 2 rings (SSSR count). The first-order chi connectivity index (χ1) is 10.2. The molecule has 0 unspecified atom stereocenters. The summed E-state index contributed by atoms with van der Waals surface area (Å²) in [5, 5.41) is 14.0. The van der Waals surface area contributed by atoms with Crippen molar-refractivity contribution in [3.8, 4) is 0 Å². The van der Waals surface area contributed by atoms with Crippen molar-refractivity contribution in [1.82, 2.24) is 5.32 Å². The van der Waals surface area contributed by atoms with E-state index in [9.17, 15) is 9.90 Å². The molecule has 3 heteroatoms. The van der Waals surface area contributed by atoms with Crippen molar-refractivity contribution in [2.24, 2.45) is 0 Å². The molecule has 0 radical (unpaired) electrons. The predicted octanol–water partition coefficient (Wildman–Crippen LogP) is 2.84. The number of hydrogen-bond donors (Lipinski definition) is 2. The number of benzene rings is 2. The molecule has 0 atom stereocenters. The second kappa shape index (κ2) is 7.04. The minimum atomic E-state index is -1.09. The molecule has 0 aliphatic heterocycles. The van der Waals surface area contributed by atoms with Crippen LogP contribution in [0.4, 0.5) is 0 Å². The predicted molar refractivity (Wildman–Crippen MR) is 83.8 cm³/mol. The fraction of sp³-hybridized carbons (Fsp3) is 0.278. The van der Waals surface area contributed by atoms with Gasteiger partial charge >= 0.3 is 0 Å². The molecule has 0 heterocycles. The zero-order valence-electron chi connectivity index (χ0n) is 12.3. The Morgan fingerprint density at radius 1 is 1.00 bits per heavy atom. The molecule has 0 aliphatic carbocycles. The molecule has 1 amide bonds. The van der Waals surface area contributed by atoms with E-state index in [0.717, 1.165) is 11.1 Å². The number of carbonyl (C=O) groups excluding carboxylic acids is 1. The van der Waals surface area contributed by atoms with E-state index in [4.69, 9.17) is 0 Å². The van der Waals surface area contributed by atoms with Crippen molar-refractivity contribution in [2.75, 3.05) is 6.54 Å². The second-order valence-corrected chi connectivity index (χ2v) is 5.05. The number of nitrogens with one attached hydrogen (secondary N) is 1. The van der Waals surface area contributed by atoms with Gasteiger partial charge in [0.2, 0.25) is 5.91 Å². The summed E-state index contributed by atoms with van der Waals surface area (Å²) in [5.41, 5.74) is 0.577. The molecule has 0 fully saturated rings. The van der Waals surface area contributed by atoms with E-state index in [2.05, 4.69) is 5.32 Å². The van der Waals surface area contributed by atoms with Crippen LogP contribution in [0.1, 0.15) is 30.9 Å². The van der Waals surface area contributed by atoms with Gasteiger partial charge in [0.15, 0.2) is 0 Å². The van der Waals surface area contributed by atoms with E-state index in [-0.39, 0.29) is 5.91 Å². The molecular formula is C18H21NO2. The van der Waals surface area contributed by atoms with Gasteiger partial charge in [-0.05, 0) is 11.1 Å². The molecule has 0 saturated heterocycles. The summed E-state index contributed by atoms with van der Waals surface area (Å²) >= 11 is 0. The fourth-order valence-electron chi connectivity index (χ4n) is 2.39. The lowest BCUT2D eigenvalue weighted by molar-refractivity contribution is -0.120. The van der Waals surface area contributed by atoms with Crippen LogP contribution in [0.3, 0.4) is 0 Å². The monoisotopic (exact) mass is 283 g/mol. The highest BCUT2D eigenvalue weighted by Gasteiger charge is 2.30. The largest absolute Gasteiger partial charge is 0.380 e. The molecule has 110 valence electrons. The van der Waals surface area contributed by atoms with Gasteiger partial charge in [-0.2, -0.15) is 0 Å². The highest BCUT2D eigenvalue weighted by Crippen LogP contribution is 2.32. The molecule has 0 bridgehead atoms. The Balaban J connectivity index is 2.25. The van der Waals surface area contributed by atoms with Crippen LogP contribution >= 0.6 is 0 Å². The summed E-state index contributed by atoms with van der Waals surface area (Å²) in [5.74, 6) is -0.00141. The van der Waals surface area contributed by atoms with Crippen molar-refractivity contribution in [1.29, 1.82) is 0 Å². The second-order valence-electron chi connectivity index (χ2n) is 5.05. The van der Waals surface area contributed by atoms with E-state index in [1.54, 1.807) is 0 Å². The van der Waals surface area contributed by atoms with Gasteiger partial charge in [-0.1, -0.05) is 67.6 Å². The van der Waals surface area contributed by atoms with Crippen LogP contribution in [0.2, 0.25) is 0 Å². The number of aliphatic hydroxyl groups is 1. The average molecular weight is 283 g/mol. The van der Waals surface area contributed by atoms with Gasteiger partial charge in [-0.25, -0.2) is 0 Å². The van der Waals surface area contributed by atoms with Crippen LogP contribution in [-0.4, -0.2) is 17.6 Å². The first kappa shape index (κ1) is 15.3. The van der Waals surface area contributed by atoms with Gasteiger partial charge in [0, 0.05) is 19.4 Å². The maximum atomic E-state index is 11.4. The van der Waals surface area contributed by atoms with Crippen molar-refractivity contribution >= 4 is 5.91 Å². The molecule has 2 N–H and O–H groups in total. The summed E-state index contributed by atoms with van der Waals surface area (Å²) < 4.78 is 0. The minimum Gasteiger partial charge on any atom is -0.380 e. The van der Waals surface area contributed by atoms with Crippen LogP contribution < -0.4 is 5.32 Å². The molecule has 2 aromatic carbocycles. The Morgan fingerprint density at radius 3 is 1.90 bits per heavy atom. The Labute approximate surface area is 125 Å². The summed E-state index contributed by atoms with van der Waals surface area (Å²) in [6.45, 7) is 2.25. The third-order valence-electron chi connectivity index (χ3n) is 3.63. The van der Waals surface area contributed by atoms with E-state index in [1.165, 1.54) is 0 Å². The van der Waals surface area contributed by atoms with Crippen LogP contribution in [0.5, 0.6) is 0 Å². The highest BCUT2D eigenvalue weighted by molar-refractivity contribution is 5.75. The number of rotatable bonds is 6. The van der Waals surface area contributed by atoms with Gasteiger partial charge in [-0.15, -0.1) is 0 Å². The Morgan fingerprint density at radius 2 is 1.48 bits per heavy atom. The van der Waals surface area contributed by atoms with E-state index < -0.39 is 5.60 Å². The number of amides is 1. The van der Waals surface area contributed by atoms with Crippen molar-refractivity contribution in [3.05, 3.63) is 71.8 Å². The van der Waals surface area contributed by atoms with Crippen LogP contribution in [0.15, 0.2) is 60.7 Å². The van der Waals surface area contributed by atoms with Crippen LogP contribution in [0, 0.1) is 0 Å². The average Bonchev–Trinajstić information content (AvgIpc) is 2.56. The summed E-state index contributed by atoms with van der Waals surface area (Å²) in [6.07, 6.45) is 0.891. The van der Waals surface area contributed by atoms with Gasteiger partial charge in [0.05, 0.1) is 0 Å². The Kier molecular flexibility index (Phi) is 5.12. The number of hydrogen-bond acceptors (Lipinski definition) is 2. The summed E-state index contributed by atoms with van der Waals surface area (Å²) in [7, 11) is 0. The van der Waals surface area contributed by atoms with Crippen molar-refractivity contribution in [3.63, 3.8) is 0 Å². The normalized spacial score (nSPS) is 11.1.